The van der Waals surface area contributed by atoms with Gasteiger partial charge in [0.1, 0.15) is 0 Å². The second kappa shape index (κ2) is 8.74. The zero-order chi connectivity index (χ0) is 23.6. The summed E-state index contributed by atoms with van der Waals surface area (Å²) < 4.78 is 38.7. The van der Waals surface area contributed by atoms with E-state index in [-0.39, 0.29) is 17.2 Å². The molecule has 0 radical (unpaired) electrons. The van der Waals surface area contributed by atoms with Gasteiger partial charge in [0.2, 0.25) is 0 Å². The Morgan fingerprint density at radius 3 is 2.21 bits per heavy atom. The lowest BCUT2D eigenvalue weighted by molar-refractivity contribution is -0.137. The van der Waals surface area contributed by atoms with Crippen molar-refractivity contribution in [2.24, 2.45) is 0 Å². The number of amides is 2. The van der Waals surface area contributed by atoms with Crippen molar-refractivity contribution < 1.29 is 22.8 Å². The number of carbonyl (C=O) groups is 2. The van der Waals surface area contributed by atoms with E-state index in [9.17, 15) is 22.8 Å². The Labute approximate surface area is 187 Å². The molecule has 0 aliphatic carbocycles. The molecule has 0 unspecified atom stereocenters. The number of hydrogen-bond acceptors (Lipinski definition) is 3. The Balaban J connectivity index is 1.54. The Morgan fingerprint density at radius 2 is 1.45 bits per heavy atom. The second-order valence-electron chi connectivity index (χ2n) is 7.40. The van der Waals surface area contributed by atoms with E-state index in [1.54, 1.807) is 31.2 Å². The highest BCUT2D eigenvalue weighted by molar-refractivity contribution is 6.13. The van der Waals surface area contributed by atoms with Crippen LogP contribution in [0.5, 0.6) is 0 Å². The molecule has 0 atom stereocenters. The summed E-state index contributed by atoms with van der Waals surface area (Å²) in [5.74, 6) is -0.970. The fourth-order valence-electron chi connectivity index (χ4n) is 3.41. The maximum atomic E-state index is 12.9. The molecular weight excluding hydrogens is 431 g/mol. The fourth-order valence-corrected chi connectivity index (χ4v) is 3.41. The molecule has 0 aliphatic rings. The van der Waals surface area contributed by atoms with E-state index in [4.69, 9.17) is 0 Å². The zero-order valence-electron chi connectivity index (χ0n) is 17.4. The largest absolute Gasteiger partial charge is 0.416 e. The van der Waals surface area contributed by atoms with Crippen LogP contribution in [-0.2, 0) is 6.18 Å². The number of carbonyl (C=O) groups excluding carboxylic acids is 2. The molecule has 0 fully saturated rings. The van der Waals surface area contributed by atoms with Gasteiger partial charge >= 0.3 is 6.18 Å². The number of hydrogen-bond donors (Lipinski definition) is 2. The third kappa shape index (κ3) is 5.01. The topological polar surface area (TPSA) is 71.1 Å². The van der Waals surface area contributed by atoms with Gasteiger partial charge in [0.05, 0.1) is 16.6 Å². The summed E-state index contributed by atoms with van der Waals surface area (Å²) in [6, 6.07) is 19.5. The summed E-state index contributed by atoms with van der Waals surface area (Å²) in [5, 5.41) is 5.92. The first-order chi connectivity index (χ1) is 15.7. The van der Waals surface area contributed by atoms with E-state index in [0.29, 0.717) is 27.8 Å². The van der Waals surface area contributed by atoms with Crippen LogP contribution in [-0.4, -0.2) is 16.8 Å². The molecule has 8 heteroatoms. The summed E-state index contributed by atoms with van der Waals surface area (Å²) in [7, 11) is 0. The first-order valence-corrected chi connectivity index (χ1v) is 9.97. The molecule has 0 aliphatic heterocycles. The minimum absolute atomic E-state index is 0.0167. The average Bonchev–Trinajstić information content (AvgIpc) is 2.78. The number of anilines is 2. The van der Waals surface area contributed by atoms with E-state index in [1.807, 2.05) is 18.2 Å². The number of aryl methyl sites for hydroxylation is 1. The van der Waals surface area contributed by atoms with Gasteiger partial charge in [0.15, 0.2) is 0 Å². The van der Waals surface area contributed by atoms with Gasteiger partial charge in [-0.3, -0.25) is 14.6 Å². The highest BCUT2D eigenvalue weighted by Crippen LogP contribution is 2.30. The number of halogens is 3. The van der Waals surface area contributed by atoms with Crippen molar-refractivity contribution in [3.63, 3.8) is 0 Å². The molecule has 3 aromatic carbocycles. The predicted octanol–water partition coefficient (Wildman–Crippen LogP) is 6.07. The van der Waals surface area contributed by atoms with Crippen LogP contribution in [0, 0.1) is 6.92 Å². The average molecular weight is 449 g/mol. The van der Waals surface area contributed by atoms with Gasteiger partial charge in [-0.15, -0.1) is 0 Å². The molecule has 1 heterocycles. The highest BCUT2D eigenvalue weighted by atomic mass is 19.4. The van der Waals surface area contributed by atoms with Crippen molar-refractivity contribution in [2.45, 2.75) is 13.1 Å². The molecule has 33 heavy (non-hydrogen) atoms. The molecule has 0 spiro atoms. The van der Waals surface area contributed by atoms with E-state index in [0.717, 1.165) is 12.1 Å². The summed E-state index contributed by atoms with van der Waals surface area (Å²) in [5.41, 5.74) is 1.53. The van der Waals surface area contributed by atoms with Gasteiger partial charge in [-0.2, -0.15) is 13.2 Å². The number of aromatic nitrogens is 1. The SMILES string of the molecule is Cc1cc(C(=O)Nc2cccc(C(=O)Nc3cccc(C(F)(F)F)c3)c2)c2ccccc2n1. The predicted molar refractivity (Wildman–Crippen MR) is 120 cm³/mol. The van der Waals surface area contributed by atoms with Crippen LogP contribution in [0.15, 0.2) is 78.9 Å². The van der Waals surface area contributed by atoms with Gasteiger partial charge in [-0.25, -0.2) is 0 Å². The third-order valence-corrected chi connectivity index (χ3v) is 4.92. The van der Waals surface area contributed by atoms with Gasteiger partial charge in [-0.1, -0.05) is 30.3 Å². The summed E-state index contributed by atoms with van der Waals surface area (Å²) in [6.07, 6.45) is -4.51. The van der Waals surface area contributed by atoms with Crippen LogP contribution < -0.4 is 10.6 Å². The van der Waals surface area contributed by atoms with Crippen molar-refractivity contribution in [3.8, 4) is 0 Å². The molecule has 4 rings (SSSR count). The van der Waals surface area contributed by atoms with E-state index < -0.39 is 17.6 Å². The lowest BCUT2D eigenvalue weighted by Gasteiger charge is -2.11. The van der Waals surface area contributed by atoms with Crippen molar-refractivity contribution >= 4 is 34.1 Å². The van der Waals surface area contributed by atoms with Crippen LogP contribution >= 0.6 is 0 Å². The number of rotatable bonds is 4. The quantitative estimate of drug-likeness (QED) is 0.397. The van der Waals surface area contributed by atoms with Crippen LogP contribution in [0.1, 0.15) is 32.0 Å². The smallest absolute Gasteiger partial charge is 0.322 e. The highest BCUT2D eigenvalue weighted by Gasteiger charge is 2.30. The number of nitrogens with one attached hydrogen (secondary N) is 2. The lowest BCUT2D eigenvalue weighted by Crippen LogP contribution is -2.15. The third-order valence-electron chi connectivity index (χ3n) is 4.92. The van der Waals surface area contributed by atoms with Crippen molar-refractivity contribution in [1.82, 2.24) is 4.98 Å². The van der Waals surface area contributed by atoms with Crippen molar-refractivity contribution in [1.29, 1.82) is 0 Å². The van der Waals surface area contributed by atoms with Crippen molar-refractivity contribution in [2.75, 3.05) is 10.6 Å². The molecule has 0 bridgehead atoms. The minimum atomic E-state index is -4.51. The summed E-state index contributed by atoms with van der Waals surface area (Å²) >= 11 is 0. The summed E-state index contributed by atoms with van der Waals surface area (Å²) in [4.78, 5) is 29.9. The first kappa shape index (κ1) is 22.0. The molecule has 4 aromatic rings. The Kier molecular flexibility index (Phi) is 5.83. The standard InChI is InChI=1S/C25H18F3N3O2/c1-15-12-21(20-10-2-3-11-22(20)29-15)24(33)31-18-8-4-6-16(13-18)23(32)30-19-9-5-7-17(14-19)25(26,27)28/h2-14H,1H3,(H,30,32)(H,31,33). The maximum Gasteiger partial charge on any atom is 0.416 e. The fraction of sp³-hybridized carbons (Fsp3) is 0.0800. The lowest BCUT2D eigenvalue weighted by atomic mass is 10.1. The maximum absolute atomic E-state index is 12.9. The van der Waals surface area contributed by atoms with Gasteiger partial charge < -0.3 is 10.6 Å². The number of pyridine rings is 1. The molecule has 5 nitrogen and oxygen atoms in total. The van der Waals surface area contributed by atoms with Crippen LogP contribution in [0.25, 0.3) is 10.9 Å². The van der Waals surface area contributed by atoms with Crippen LogP contribution in [0.4, 0.5) is 24.5 Å². The summed E-state index contributed by atoms with van der Waals surface area (Å²) in [6.45, 7) is 1.79. The molecule has 2 amide bonds. The zero-order valence-corrected chi connectivity index (χ0v) is 17.4. The first-order valence-electron chi connectivity index (χ1n) is 9.97. The number of fused-ring (bicyclic) bond motifs is 1. The molecule has 2 N–H and O–H groups in total. The molecule has 0 saturated carbocycles. The monoisotopic (exact) mass is 449 g/mol. The van der Waals surface area contributed by atoms with Gasteiger partial charge in [0.25, 0.3) is 11.8 Å². The van der Waals surface area contributed by atoms with Gasteiger partial charge in [0, 0.05) is 28.0 Å². The van der Waals surface area contributed by atoms with Crippen molar-refractivity contribution in [3.05, 3.63) is 101 Å². The Bertz CT molecular complexity index is 1370. The molecule has 0 saturated heterocycles. The van der Waals surface area contributed by atoms with Crippen LogP contribution in [0.3, 0.4) is 0 Å². The molecule has 1 aromatic heterocycles. The van der Waals surface area contributed by atoms with E-state index in [2.05, 4.69) is 15.6 Å². The minimum Gasteiger partial charge on any atom is -0.322 e. The van der Waals surface area contributed by atoms with E-state index in [1.165, 1.54) is 24.3 Å². The normalized spacial score (nSPS) is 11.3. The van der Waals surface area contributed by atoms with Gasteiger partial charge in [-0.05, 0) is 55.5 Å². The number of nitrogens with zero attached hydrogens (tertiary/aromatic N) is 1. The molecule has 166 valence electrons. The van der Waals surface area contributed by atoms with E-state index >= 15 is 0 Å². The van der Waals surface area contributed by atoms with Crippen LogP contribution in [0.2, 0.25) is 0 Å². The Morgan fingerprint density at radius 1 is 0.788 bits per heavy atom. The number of para-hydroxylation sites is 1. The molecular formula is C25H18F3N3O2. The number of benzene rings is 3. The number of alkyl halides is 3. The second-order valence-corrected chi connectivity index (χ2v) is 7.40. The Hall–Kier alpha value is -4.20.